The Morgan fingerprint density at radius 3 is 2.42 bits per heavy atom. The molecule has 31 heavy (non-hydrogen) atoms. The summed E-state index contributed by atoms with van der Waals surface area (Å²) < 4.78 is 16.4. The van der Waals surface area contributed by atoms with E-state index >= 15 is 0 Å². The first-order chi connectivity index (χ1) is 15.1. The lowest BCUT2D eigenvalue weighted by Gasteiger charge is -2.39. The molecule has 1 aromatic heterocycles. The second kappa shape index (κ2) is 12.3. The van der Waals surface area contributed by atoms with Crippen LogP contribution in [0.4, 0.5) is 0 Å². The van der Waals surface area contributed by atoms with Crippen molar-refractivity contribution in [1.82, 2.24) is 4.98 Å². The first kappa shape index (κ1) is 23.8. The van der Waals surface area contributed by atoms with Gasteiger partial charge in [-0.25, -0.2) is 0 Å². The molecule has 8 heteroatoms. The zero-order chi connectivity index (χ0) is 22.1. The number of nitrogens with zero attached hydrogens (tertiary/aromatic N) is 1. The topological polar surface area (TPSA) is 122 Å². The van der Waals surface area contributed by atoms with Crippen LogP contribution >= 0.6 is 0 Å². The fourth-order valence-corrected chi connectivity index (χ4v) is 3.72. The van der Waals surface area contributed by atoms with Crippen LogP contribution in [0.15, 0.2) is 36.5 Å². The summed E-state index contributed by atoms with van der Waals surface area (Å²) >= 11 is 0. The molecule has 0 unspecified atom stereocenters. The summed E-state index contributed by atoms with van der Waals surface area (Å²) in [5.74, 6) is 0.865. The highest BCUT2D eigenvalue weighted by Gasteiger charge is 2.44. The summed E-state index contributed by atoms with van der Waals surface area (Å²) in [5.41, 5.74) is 0.962. The number of hydrogen-bond acceptors (Lipinski definition) is 8. The number of aliphatic hydroxyl groups excluding tert-OH is 4. The van der Waals surface area contributed by atoms with Crippen LogP contribution in [0.25, 0.3) is 10.9 Å². The fourth-order valence-electron chi connectivity index (χ4n) is 3.72. The lowest BCUT2D eigenvalue weighted by Crippen LogP contribution is -2.59. The van der Waals surface area contributed by atoms with Crippen LogP contribution in [0.3, 0.4) is 0 Å². The van der Waals surface area contributed by atoms with Crippen LogP contribution < -0.4 is 4.74 Å². The van der Waals surface area contributed by atoms with Crippen molar-refractivity contribution in [3.8, 4) is 5.75 Å². The monoisotopic (exact) mass is 435 g/mol. The molecule has 0 bridgehead atoms. The van der Waals surface area contributed by atoms with Crippen LogP contribution in [0, 0.1) is 0 Å². The Morgan fingerprint density at radius 1 is 0.903 bits per heavy atom. The molecule has 0 spiro atoms. The Labute approximate surface area is 182 Å². The molecular formula is C23H33NO7. The van der Waals surface area contributed by atoms with Crippen molar-refractivity contribution in [2.24, 2.45) is 0 Å². The summed E-state index contributed by atoms with van der Waals surface area (Å²) in [6.45, 7) is 0.564. The van der Waals surface area contributed by atoms with Crippen LogP contribution in [0.5, 0.6) is 5.75 Å². The lowest BCUT2D eigenvalue weighted by atomic mass is 9.99. The smallest absolute Gasteiger partial charge is 0.184 e. The average molecular weight is 436 g/mol. The summed E-state index contributed by atoms with van der Waals surface area (Å²) in [5, 5.41) is 39.9. The fraction of sp³-hybridized carbons (Fsp3) is 0.609. The van der Waals surface area contributed by atoms with E-state index in [1.165, 1.54) is 0 Å². The molecule has 0 amide bonds. The first-order valence-electron chi connectivity index (χ1n) is 11.0. The second-order valence-electron chi connectivity index (χ2n) is 7.89. The first-order valence-corrected chi connectivity index (χ1v) is 11.0. The Bertz CT molecular complexity index is 789. The average Bonchev–Trinajstić information content (AvgIpc) is 2.79. The third-order valence-electron chi connectivity index (χ3n) is 5.53. The van der Waals surface area contributed by atoms with Crippen LogP contribution in [0.1, 0.15) is 38.5 Å². The van der Waals surface area contributed by atoms with Crippen LogP contribution in [0.2, 0.25) is 0 Å². The lowest BCUT2D eigenvalue weighted by molar-refractivity contribution is -0.296. The van der Waals surface area contributed by atoms with Crippen molar-refractivity contribution >= 4 is 10.9 Å². The molecule has 0 saturated carbocycles. The van der Waals surface area contributed by atoms with Gasteiger partial charge in [0.15, 0.2) is 6.29 Å². The molecule has 0 radical (unpaired) electrons. The molecule has 2 heterocycles. The molecule has 1 fully saturated rings. The Hall–Kier alpha value is -1.81. The standard InChI is InChI=1S/C23H33NO7/c25-15-19-20(26)21(27)22(23(28)31-19)30-13-6-4-2-1-3-5-12-29-17-9-10-18-16(14-17)8-7-11-24-18/h7-11,14,19-23,25-28H,1-6,12-13,15H2/t19-,20-,21+,22-,23-/m1/s1. The molecule has 1 aliphatic rings. The number of benzene rings is 1. The third kappa shape index (κ3) is 6.83. The van der Waals surface area contributed by atoms with E-state index in [0.717, 1.165) is 55.2 Å². The Morgan fingerprint density at radius 2 is 1.65 bits per heavy atom. The highest BCUT2D eigenvalue weighted by molar-refractivity contribution is 5.79. The third-order valence-corrected chi connectivity index (χ3v) is 5.53. The van der Waals surface area contributed by atoms with E-state index in [0.29, 0.717) is 13.2 Å². The Kier molecular flexibility index (Phi) is 9.45. The number of fused-ring (bicyclic) bond motifs is 1. The summed E-state index contributed by atoms with van der Waals surface area (Å²) in [7, 11) is 0. The molecule has 3 rings (SSSR count). The summed E-state index contributed by atoms with van der Waals surface area (Å²) in [6, 6.07) is 9.87. The van der Waals surface area contributed by atoms with Gasteiger partial charge in [-0.15, -0.1) is 0 Å². The number of hydrogen-bond donors (Lipinski definition) is 4. The molecule has 0 aliphatic carbocycles. The molecule has 5 atom stereocenters. The molecule has 172 valence electrons. The largest absolute Gasteiger partial charge is 0.494 e. The molecule has 1 saturated heterocycles. The molecule has 2 aromatic rings. The summed E-state index contributed by atoms with van der Waals surface area (Å²) in [6.07, 6.45) is 1.81. The SMILES string of the molecule is OC[C@H]1O[C@@H](O)[C@H](OCCCCCCCCOc2ccc3ncccc3c2)[C@@H](O)[C@@H]1O. The van der Waals surface area contributed by atoms with Crippen molar-refractivity contribution in [3.63, 3.8) is 0 Å². The van der Waals surface area contributed by atoms with Crippen LogP contribution in [-0.4, -0.2) is 75.9 Å². The van der Waals surface area contributed by atoms with E-state index in [1.54, 1.807) is 6.20 Å². The maximum Gasteiger partial charge on any atom is 0.184 e. The van der Waals surface area contributed by atoms with Crippen molar-refractivity contribution in [2.75, 3.05) is 19.8 Å². The second-order valence-corrected chi connectivity index (χ2v) is 7.89. The van der Waals surface area contributed by atoms with Gasteiger partial charge in [-0.2, -0.15) is 0 Å². The number of unbranched alkanes of at least 4 members (excludes halogenated alkanes) is 5. The van der Waals surface area contributed by atoms with E-state index in [1.807, 2.05) is 30.3 Å². The van der Waals surface area contributed by atoms with Gasteiger partial charge >= 0.3 is 0 Å². The number of aromatic nitrogens is 1. The van der Waals surface area contributed by atoms with Gasteiger partial charge in [0.1, 0.15) is 30.2 Å². The van der Waals surface area contributed by atoms with E-state index in [2.05, 4.69) is 4.98 Å². The molecular weight excluding hydrogens is 402 g/mol. The summed E-state index contributed by atoms with van der Waals surface area (Å²) in [4.78, 5) is 4.30. The minimum atomic E-state index is -1.37. The quantitative estimate of drug-likeness (QED) is 0.372. The van der Waals surface area contributed by atoms with E-state index in [4.69, 9.17) is 19.3 Å². The number of ether oxygens (including phenoxy) is 3. The molecule has 8 nitrogen and oxygen atoms in total. The predicted octanol–water partition coefficient (Wildman–Crippen LogP) is 1.77. The van der Waals surface area contributed by atoms with Crippen molar-refractivity contribution in [1.29, 1.82) is 0 Å². The van der Waals surface area contributed by atoms with Gasteiger partial charge in [-0.3, -0.25) is 4.98 Å². The van der Waals surface area contributed by atoms with Gasteiger partial charge in [-0.1, -0.05) is 31.7 Å². The number of pyridine rings is 1. The maximum atomic E-state index is 10.0. The van der Waals surface area contributed by atoms with Crippen molar-refractivity contribution in [2.45, 2.75) is 69.2 Å². The van der Waals surface area contributed by atoms with Crippen LogP contribution in [-0.2, 0) is 9.47 Å². The highest BCUT2D eigenvalue weighted by atomic mass is 16.7. The molecule has 4 N–H and O–H groups in total. The van der Waals surface area contributed by atoms with Gasteiger partial charge in [0.2, 0.25) is 0 Å². The Balaban J connectivity index is 1.21. The predicted molar refractivity (Wildman–Crippen MR) is 115 cm³/mol. The van der Waals surface area contributed by atoms with E-state index in [9.17, 15) is 15.3 Å². The minimum absolute atomic E-state index is 0.360. The van der Waals surface area contributed by atoms with E-state index < -0.39 is 37.3 Å². The zero-order valence-corrected chi connectivity index (χ0v) is 17.7. The van der Waals surface area contributed by atoms with Gasteiger partial charge in [0.05, 0.1) is 18.7 Å². The number of aliphatic hydroxyl groups is 4. The minimum Gasteiger partial charge on any atom is -0.494 e. The number of rotatable bonds is 12. The van der Waals surface area contributed by atoms with E-state index in [-0.39, 0.29) is 0 Å². The zero-order valence-electron chi connectivity index (χ0n) is 17.7. The van der Waals surface area contributed by atoms with Gasteiger partial charge in [0.25, 0.3) is 0 Å². The van der Waals surface area contributed by atoms with Gasteiger partial charge in [0, 0.05) is 18.2 Å². The van der Waals surface area contributed by atoms with Gasteiger partial charge in [-0.05, 0) is 37.1 Å². The highest BCUT2D eigenvalue weighted by Crippen LogP contribution is 2.23. The normalized spacial score (nSPS) is 26.3. The maximum absolute atomic E-state index is 10.0. The van der Waals surface area contributed by atoms with Crippen molar-refractivity contribution < 1.29 is 34.6 Å². The molecule has 1 aliphatic heterocycles. The van der Waals surface area contributed by atoms with Gasteiger partial charge < -0.3 is 34.6 Å². The molecule has 1 aromatic carbocycles. The van der Waals surface area contributed by atoms with Crippen molar-refractivity contribution in [3.05, 3.63) is 36.5 Å².